The number of hydrogen-bond donors (Lipinski definition) is 2. The molecule has 0 aromatic heterocycles. The van der Waals surface area contributed by atoms with Crippen molar-refractivity contribution in [1.29, 1.82) is 0 Å². The molecular weight excluding hydrogens is 268 g/mol. The van der Waals surface area contributed by atoms with Crippen molar-refractivity contribution < 1.29 is 0 Å². The summed E-state index contributed by atoms with van der Waals surface area (Å²) < 4.78 is 0. The maximum atomic E-state index is 3.81. The molecule has 4 aliphatic carbocycles. The van der Waals surface area contributed by atoms with Crippen molar-refractivity contribution >= 4 is 0 Å². The van der Waals surface area contributed by atoms with Gasteiger partial charge in [-0.25, -0.2) is 0 Å². The summed E-state index contributed by atoms with van der Waals surface area (Å²) in [5, 5.41) is 7.57. The van der Waals surface area contributed by atoms with Crippen LogP contribution in [0.1, 0.15) is 66.2 Å². The summed E-state index contributed by atoms with van der Waals surface area (Å²) in [6.07, 6.45) is 8.68. The molecule has 4 rings (SSSR count). The molecule has 0 amide bonds. The molecule has 0 aromatic carbocycles. The van der Waals surface area contributed by atoms with Gasteiger partial charge < -0.3 is 10.6 Å². The van der Waals surface area contributed by atoms with E-state index in [0.717, 1.165) is 48.7 Å². The Morgan fingerprint density at radius 2 is 1.82 bits per heavy atom. The van der Waals surface area contributed by atoms with Crippen LogP contribution < -0.4 is 10.6 Å². The molecule has 0 saturated heterocycles. The van der Waals surface area contributed by atoms with Crippen molar-refractivity contribution in [2.45, 2.75) is 72.3 Å². The molecule has 2 nitrogen and oxygen atoms in total. The molecule has 0 aromatic rings. The fourth-order valence-corrected chi connectivity index (χ4v) is 5.71. The lowest BCUT2D eigenvalue weighted by Crippen LogP contribution is -2.54. The first-order valence-electron chi connectivity index (χ1n) is 9.94. The van der Waals surface area contributed by atoms with Gasteiger partial charge in [-0.05, 0) is 67.2 Å². The maximum absolute atomic E-state index is 3.81. The van der Waals surface area contributed by atoms with Gasteiger partial charge in [-0.2, -0.15) is 0 Å². The van der Waals surface area contributed by atoms with Crippen LogP contribution in [0.15, 0.2) is 0 Å². The van der Waals surface area contributed by atoms with E-state index in [2.05, 4.69) is 38.3 Å². The predicted octanol–water partition coefficient (Wildman–Crippen LogP) is 4.06. The van der Waals surface area contributed by atoms with Gasteiger partial charge in [0.25, 0.3) is 0 Å². The van der Waals surface area contributed by atoms with Gasteiger partial charge in [0, 0.05) is 19.1 Å². The highest BCUT2D eigenvalue weighted by molar-refractivity contribution is 5.03. The summed E-state index contributed by atoms with van der Waals surface area (Å²) in [5.74, 6) is 4.71. The molecule has 6 atom stereocenters. The Hall–Kier alpha value is -0.0800. The minimum atomic E-state index is 0.635. The third kappa shape index (κ3) is 3.24. The monoisotopic (exact) mass is 306 g/mol. The van der Waals surface area contributed by atoms with Gasteiger partial charge in [0.1, 0.15) is 0 Å². The van der Waals surface area contributed by atoms with Crippen molar-refractivity contribution in [1.82, 2.24) is 10.6 Å². The second-order valence-corrected chi connectivity index (χ2v) is 9.23. The molecule has 4 fully saturated rings. The van der Waals surface area contributed by atoms with Crippen molar-refractivity contribution in [2.75, 3.05) is 19.6 Å². The summed E-state index contributed by atoms with van der Waals surface area (Å²) in [6.45, 7) is 13.4. The van der Waals surface area contributed by atoms with Crippen molar-refractivity contribution in [2.24, 2.45) is 35.0 Å². The standard InChI is InChI=1S/C20H38N2/c1-14-6-5-7-19(15(14)2)22-11-10-21-13-16-8-9-17-12-18(16)20(17,3)4/h14-19,21-22H,5-13H2,1-4H3/t14?,15?,16-,17-,18-,19?/m0/s1. The normalized spacial score (nSPS) is 43.6. The second-order valence-electron chi connectivity index (χ2n) is 9.23. The molecule has 0 aliphatic heterocycles. The molecule has 22 heavy (non-hydrogen) atoms. The zero-order valence-corrected chi connectivity index (χ0v) is 15.3. The van der Waals surface area contributed by atoms with Gasteiger partial charge in [0.15, 0.2) is 0 Å². The Kier molecular flexibility index (Phi) is 5.19. The minimum Gasteiger partial charge on any atom is -0.315 e. The topological polar surface area (TPSA) is 24.1 Å². The SMILES string of the molecule is CC1CCCC(NCCNC[C@@H]2CC[C@H]3C[C@@H]2C3(C)C)C1C. The van der Waals surface area contributed by atoms with E-state index in [1.807, 2.05) is 0 Å². The molecule has 0 heterocycles. The van der Waals surface area contributed by atoms with Gasteiger partial charge in [0.2, 0.25) is 0 Å². The highest BCUT2D eigenvalue weighted by Crippen LogP contribution is 2.61. The number of hydrogen-bond acceptors (Lipinski definition) is 2. The number of fused-ring (bicyclic) bond motifs is 2. The van der Waals surface area contributed by atoms with Crippen LogP contribution in [0.25, 0.3) is 0 Å². The molecule has 0 radical (unpaired) electrons. The van der Waals surface area contributed by atoms with E-state index in [-0.39, 0.29) is 0 Å². The Morgan fingerprint density at radius 3 is 2.55 bits per heavy atom. The van der Waals surface area contributed by atoms with E-state index >= 15 is 0 Å². The first-order valence-corrected chi connectivity index (χ1v) is 9.94. The minimum absolute atomic E-state index is 0.635. The fourth-order valence-electron chi connectivity index (χ4n) is 5.71. The van der Waals surface area contributed by atoms with E-state index in [4.69, 9.17) is 0 Å². The van der Waals surface area contributed by atoms with E-state index in [0.29, 0.717) is 5.41 Å². The second kappa shape index (κ2) is 6.81. The van der Waals surface area contributed by atoms with E-state index < -0.39 is 0 Å². The van der Waals surface area contributed by atoms with Crippen LogP contribution >= 0.6 is 0 Å². The lowest BCUT2D eigenvalue weighted by atomic mass is 9.45. The lowest BCUT2D eigenvalue weighted by molar-refractivity contribution is -0.103. The predicted molar refractivity (Wildman–Crippen MR) is 94.9 cm³/mol. The zero-order valence-electron chi connectivity index (χ0n) is 15.3. The van der Waals surface area contributed by atoms with Crippen LogP contribution in [0, 0.1) is 35.0 Å². The fraction of sp³-hybridized carbons (Fsp3) is 1.00. The summed E-state index contributed by atoms with van der Waals surface area (Å²) in [4.78, 5) is 0. The van der Waals surface area contributed by atoms with Crippen molar-refractivity contribution in [3.63, 3.8) is 0 Å². The zero-order chi connectivity index (χ0) is 15.7. The summed E-state index contributed by atoms with van der Waals surface area (Å²) >= 11 is 0. The molecule has 2 N–H and O–H groups in total. The molecule has 4 aliphatic rings. The average molecular weight is 307 g/mol. The molecule has 0 spiro atoms. The Bertz CT molecular complexity index is 363. The first kappa shape index (κ1) is 16.8. The number of rotatable bonds is 6. The molecular formula is C20H38N2. The molecule has 2 heteroatoms. The van der Waals surface area contributed by atoms with Gasteiger partial charge in [-0.15, -0.1) is 0 Å². The van der Waals surface area contributed by atoms with Gasteiger partial charge in [-0.3, -0.25) is 0 Å². The average Bonchev–Trinajstić information content (AvgIpc) is 2.51. The van der Waals surface area contributed by atoms with E-state index in [1.54, 1.807) is 0 Å². The van der Waals surface area contributed by atoms with Gasteiger partial charge in [-0.1, -0.05) is 40.5 Å². The van der Waals surface area contributed by atoms with E-state index in [9.17, 15) is 0 Å². The van der Waals surface area contributed by atoms with Gasteiger partial charge >= 0.3 is 0 Å². The first-order chi connectivity index (χ1) is 10.5. The largest absolute Gasteiger partial charge is 0.315 e. The third-order valence-electron chi connectivity index (χ3n) is 7.82. The van der Waals surface area contributed by atoms with Crippen LogP contribution in [0.3, 0.4) is 0 Å². The Balaban J connectivity index is 1.31. The summed E-state index contributed by atoms with van der Waals surface area (Å²) in [7, 11) is 0. The molecule has 2 bridgehead atoms. The van der Waals surface area contributed by atoms with Crippen LogP contribution in [0.5, 0.6) is 0 Å². The van der Waals surface area contributed by atoms with Crippen LogP contribution in [-0.2, 0) is 0 Å². The van der Waals surface area contributed by atoms with Gasteiger partial charge in [0.05, 0.1) is 0 Å². The van der Waals surface area contributed by atoms with Crippen LogP contribution in [-0.4, -0.2) is 25.7 Å². The number of nitrogens with one attached hydrogen (secondary N) is 2. The van der Waals surface area contributed by atoms with Crippen LogP contribution in [0.2, 0.25) is 0 Å². The molecule has 4 saturated carbocycles. The smallest absolute Gasteiger partial charge is 0.00957 e. The third-order valence-corrected chi connectivity index (χ3v) is 7.82. The highest BCUT2D eigenvalue weighted by Gasteiger charge is 2.53. The molecule has 3 unspecified atom stereocenters. The summed E-state index contributed by atoms with van der Waals surface area (Å²) in [6, 6.07) is 0.756. The lowest BCUT2D eigenvalue weighted by Gasteiger charge is -2.60. The quantitative estimate of drug-likeness (QED) is 0.723. The summed E-state index contributed by atoms with van der Waals surface area (Å²) in [5.41, 5.74) is 0.635. The van der Waals surface area contributed by atoms with Crippen LogP contribution in [0.4, 0.5) is 0 Å². The maximum Gasteiger partial charge on any atom is 0.00957 e. The highest BCUT2D eigenvalue weighted by atomic mass is 15.0. The van der Waals surface area contributed by atoms with Crippen molar-refractivity contribution in [3.8, 4) is 0 Å². The Morgan fingerprint density at radius 1 is 1.00 bits per heavy atom. The van der Waals surface area contributed by atoms with Crippen molar-refractivity contribution in [3.05, 3.63) is 0 Å². The Labute approximate surface area is 138 Å². The van der Waals surface area contributed by atoms with E-state index in [1.165, 1.54) is 45.1 Å². The molecule has 128 valence electrons.